The van der Waals surface area contributed by atoms with Gasteiger partial charge in [0, 0.05) is 6.20 Å². The Balaban J connectivity index is 2.04. The van der Waals surface area contributed by atoms with E-state index >= 15 is 4.39 Å². The first-order chi connectivity index (χ1) is 13.1. The number of halogens is 1. The number of hydrogen-bond donors (Lipinski definition) is 5. The number of rotatable bonds is 5. The third-order valence-electron chi connectivity index (χ3n) is 4.64. The highest BCUT2D eigenvalue weighted by Crippen LogP contribution is 2.44. The number of alkyl halides is 1. The van der Waals surface area contributed by atoms with Crippen LogP contribution in [-0.4, -0.2) is 67.1 Å². The van der Waals surface area contributed by atoms with Crippen LogP contribution in [0.25, 0.3) is 11.0 Å². The first-order valence-electron chi connectivity index (χ1n) is 8.46. The van der Waals surface area contributed by atoms with Crippen molar-refractivity contribution in [1.82, 2.24) is 14.5 Å². The summed E-state index contributed by atoms with van der Waals surface area (Å²) in [5.74, 6) is -4.56. The number of H-pyrrole nitrogens is 1. The lowest BCUT2D eigenvalue weighted by Crippen LogP contribution is -2.48. The number of hydrogen-bond acceptors (Lipinski definition) is 9. The van der Waals surface area contributed by atoms with Gasteiger partial charge in [0.2, 0.25) is 11.7 Å². The number of anilines is 1. The average Bonchev–Trinajstić information content (AvgIpc) is 3.14. The number of nitrogens with zero attached hydrogens (tertiary/aromatic N) is 2. The van der Waals surface area contributed by atoms with Crippen LogP contribution in [0, 0.1) is 5.92 Å². The summed E-state index contributed by atoms with van der Waals surface area (Å²) in [5, 5.41) is 30.7. The van der Waals surface area contributed by atoms with E-state index in [2.05, 4.69) is 9.97 Å². The summed E-state index contributed by atoms with van der Waals surface area (Å²) in [6.07, 6.45) is -2.93. The zero-order chi connectivity index (χ0) is 20.9. The molecular formula is C16H21FN4O7. The van der Waals surface area contributed by atoms with Crippen molar-refractivity contribution in [1.29, 1.82) is 0 Å². The van der Waals surface area contributed by atoms with E-state index in [4.69, 9.17) is 15.2 Å². The Morgan fingerprint density at radius 1 is 1.50 bits per heavy atom. The van der Waals surface area contributed by atoms with E-state index in [1.165, 1.54) is 26.1 Å². The molecule has 0 bridgehead atoms. The molecule has 1 aliphatic heterocycles. The molecule has 1 fully saturated rings. The number of aliphatic hydroxyl groups excluding tert-OH is 3. The largest absolute Gasteiger partial charge is 0.459 e. The number of aromatic nitrogens is 3. The highest BCUT2D eigenvalue weighted by molar-refractivity contribution is 5.76. The van der Waals surface area contributed by atoms with Crippen LogP contribution in [0.2, 0.25) is 0 Å². The van der Waals surface area contributed by atoms with Gasteiger partial charge in [-0.15, -0.1) is 0 Å². The molecule has 12 heteroatoms. The molecule has 1 saturated heterocycles. The fourth-order valence-corrected chi connectivity index (χ4v) is 3.09. The Bertz CT molecular complexity index is 960. The van der Waals surface area contributed by atoms with Gasteiger partial charge in [-0.2, -0.15) is 4.98 Å². The summed E-state index contributed by atoms with van der Waals surface area (Å²) in [5.41, 5.74) is 2.59. The Morgan fingerprint density at radius 2 is 2.18 bits per heavy atom. The Labute approximate surface area is 157 Å². The standard InChI is InChI=1S/C16H21FN4O7/c1-7(2)13(26)27-6-15(17)9(23)10(24)16(5-22,28-15)21-4-3-8-11(21)19-14(18)20-12(8)25/h3-4,7,9-10,22-24H,5-6H2,1-2H3,(H3,18,19,20,25)/t9-,10+,15+,16+/m0/s1. The predicted octanol–water partition coefficient (Wildman–Crippen LogP) is -1.43. The smallest absolute Gasteiger partial charge is 0.308 e. The minimum atomic E-state index is -3.02. The van der Waals surface area contributed by atoms with Gasteiger partial charge in [0.15, 0.2) is 12.3 Å². The number of aliphatic hydroxyl groups is 3. The van der Waals surface area contributed by atoms with Gasteiger partial charge < -0.3 is 30.5 Å². The van der Waals surface area contributed by atoms with Crippen LogP contribution in [0.15, 0.2) is 17.1 Å². The summed E-state index contributed by atoms with van der Waals surface area (Å²) >= 11 is 0. The molecule has 0 amide bonds. The number of aromatic amines is 1. The summed E-state index contributed by atoms with van der Waals surface area (Å²) in [4.78, 5) is 29.8. The van der Waals surface area contributed by atoms with E-state index in [0.717, 1.165) is 4.57 Å². The monoisotopic (exact) mass is 400 g/mol. The van der Waals surface area contributed by atoms with Crippen molar-refractivity contribution in [3.63, 3.8) is 0 Å². The number of nitrogens with one attached hydrogen (secondary N) is 1. The van der Waals surface area contributed by atoms with Crippen molar-refractivity contribution < 1.29 is 34.0 Å². The molecule has 3 heterocycles. The molecule has 0 unspecified atom stereocenters. The third kappa shape index (κ3) is 2.94. The summed E-state index contributed by atoms with van der Waals surface area (Å²) in [6, 6.07) is 1.30. The van der Waals surface area contributed by atoms with Crippen LogP contribution >= 0.6 is 0 Å². The quantitative estimate of drug-likeness (QED) is 0.377. The van der Waals surface area contributed by atoms with Gasteiger partial charge in [0.25, 0.3) is 11.4 Å². The molecule has 0 aromatic carbocycles. The number of nitrogen functional groups attached to an aromatic ring is 1. The summed E-state index contributed by atoms with van der Waals surface area (Å²) in [7, 11) is 0. The second kappa shape index (κ2) is 6.81. The van der Waals surface area contributed by atoms with Crippen molar-refractivity contribution in [2.75, 3.05) is 18.9 Å². The topological polar surface area (TPSA) is 173 Å². The van der Waals surface area contributed by atoms with Crippen molar-refractivity contribution in [2.45, 2.75) is 37.6 Å². The Morgan fingerprint density at radius 3 is 2.79 bits per heavy atom. The maximum Gasteiger partial charge on any atom is 0.308 e. The van der Waals surface area contributed by atoms with Gasteiger partial charge in [-0.3, -0.25) is 19.1 Å². The molecule has 1 aliphatic rings. The fraction of sp³-hybridized carbons (Fsp3) is 0.562. The van der Waals surface area contributed by atoms with E-state index in [0.29, 0.717) is 0 Å². The van der Waals surface area contributed by atoms with E-state index in [-0.39, 0.29) is 17.0 Å². The van der Waals surface area contributed by atoms with E-state index in [1.54, 1.807) is 0 Å². The summed E-state index contributed by atoms with van der Waals surface area (Å²) in [6.45, 7) is 1.06. The van der Waals surface area contributed by atoms with Gasteiger partial charge in [0.1, 0.15) is 12.2 Å². The highest BCUT2D eigenvalue weighted by atomic mass is 19.2. The van der Waals surface area contributed by atoms with Gasteiger partial charge >= 0.3 is 5.97 Å². The van der Waals surface area contributed by atoms with Crippen LogP contribution in [0.4, 0.5) is 10.3 Å². The minimum Gasteiger partial charge on any atom is -0.459 e. The number of esters is 1. The zero-order valence-electron chi connectivity index (χ0n) is 15.1. The van der Waals surface area contributed by atoms with Gasteiger partial charge in [0.05, 0.1) is 17.9 Å². The van der Waals surface area contributed by atoms with E-state index in [9.17, 15) is 24.9 Å². The number of carbonyl (C=O) groups excluding carboxylic acids is 1. The molecule has 2 aromatic rings. The average molecular weight is 400 g/mol. The van der Waals surface area contributed by atoms with Crippen LogP contribution < -0.4 is 11.3 Å². The van der Waals surface area contributed by atoms with Crippen molar-refractivity contribution >= 4 is 23.0 Å². The molecule has 0 saturated carbocycles. The van der Waals surface area contributed by atoms with Gasteiger partial charge in [-0.1, -0.05) is 13.8 Å². The molecule has 0 spiro atoms. The summed E-state index contributed by atoms with van der Waals surface area (Å²) < 4.78 is 26.3. The number of ether oxygens (including phenoxy) is 2. The Hall–Kier alpha value is -2.54. The lowest BCUT2D eigenvalue weighted by atomic mass is 10.0. The predicted molar refractivity (Wildman–Crippen MR) is 92.6 cm³/mol. The van der Waals surface area contributed by atoms with Crippen molar-refractivity contribution in [2.24, 2.45) is 5.92 Å². The lowest BCUT2D eigenvalue weighted by molar-refractivity contribution is -0.257. The highest BCUT2D eigenvalue weighted by Gasteiger charge is 2.65. The maximum atomic E-state index is 15.3. The first-order valence-corrected chi connectivity index (χ1v) is 8.46. The number of fused-ring (bicyclic) bond motifs is 1. The Kier molecular flexibility index (Phi) is 4.91. The van der Waals surface area contributed by atoms with Crippen LogP contribution in [-0.2, 0) is 20.0 Å². The molecule has 154 valence electrons. The second-order valence-corrected chi connectivity index (χ2v) is 6.92. The molecular weight excluding hydrogens is 379 g/mol. The normalized spacial score (nSPS) is 30.2. The van der Waals surface area contributed by atoms with Gasteiger partial charge in [-0.25, -0.2) is 4.39 Å². The van der Waals surface area contributed by atoms with E-state index < -0.39 is 54.4 Å². The minimum absolute atomic E-state index is 0.0370. The van der Waals surface area contributed by atoms with Crippen LogP contribution in [0.1, 0.15) is 13.8 Å². The molecule has 3 rings (SSSR count). The third-order valence-corrected chi connectivity index (χ3v) is 4.64. The van der Waals surface area contributed by atoms with Crippen LogP contribution in [0.5, 0.6) is 0 Å². The molecule has 11 nitrogen and oxygen atoms in total. The lowest BCUT2D eigenvalue weighted by Gasteiger charge is -2.32. The van der Waals surface area contributed by atoms with E-state index in [1.807, 2.05) is 0 Å². The maximum absolute atomic E-state index is 15.3. The van der Waals surface area contributed by atoms with Crippen molar-refractivity contribution in [3.05, 3.63) is 22.6 Å². The van der Waals surface area contributed by atoms with Crippen molar-refractivity contribution in [3.8, 4) is 0 Å². The first kappa shape index (κ1) is 20.2. The number of nitrogens with two attached hydrogens (primary N) is 1. The van der Waals surface area contributed by atoms with Crippen LogP contribution in [0.3, 0.4) is 0 Å². The molecule has 0 aliphatic carbocycles. The second-order valence-electron chi connectivity index (χ2n) is 6.92. The number of carbonyl (C=O) groups is 1. The van der Waals surface area contributed by atoms with Gasteiger partial charge in [-0.05, 0) is 6.07 Å². The molecule has 28 heavy (non-hydrogen) atoms. The SMILES string of the molecule is CC(C)C(=O)OC[C@@]1(F)O[C@@](CO)(n2ccc3c(=O)[nH]c(N)nc32)[C@H](O)[C@@H]1O. The fourth-order valence-electron chi connectivity index (χ4n) is 3.09. The molecule has 6 N–H and O–H groups in total. The zero-order valence-corrected chi connectivity index (χ0v) is 15.1. The molecule has 2 aromatic heterocycles. The molecule has 4 atom stereocenters. The molecule has 0 radical (unpaired) electrons.